The maximum Gasteiger partial charge on any atom is 0.401 e. The summed E-state index contributed by atoms with van der Waals surface area (Å²) in [4.78, 5) is 14.7. The van der Waals surface area contributed by atoms with Gasteiger partial charge in [0.1, 0.15) is 5.70 Å². The lowest BCUT2D eigenvalue weighted by Crippen LogP contribution is -2.57. The second-order valence-electron chi connectivity index (χ2n) is 10.4. The third-order valence-corrected chi connectivity index (χ3v) is 6.79. The monoisotopic (exact) mass is 585 g/mol. The van der Waals surface area contributed by atoms with Crippen LogP contribution in [0.15, 0.2) is 28.8 Å². The summed E-state index contributed by atoms with van der Waals surface area (Å²) in [6.07, 6.45) is -5.30. The minimum atomic E-state index is -4.60. The molecule has 15 heteroatoms. The Bertz CT molecular complexity index is 927. The number of hydrogen-bond donors (Lipinski definition) is 5. The largest absolute Gasteiger partial charge is 0.401 e. The van der Waals surface area contributed by atoms with Gasteiger partial charge in [-0.2, -0.15) is 18.3 Å². The lowest BCUT2D eigenvalue weighted by molar-refractivity contribution is -0.129. The fraction of sp³-hybridized carbons (Fsp3) is 0.720. The molecule has 1 heterocycles. The summed E-state index contributed by atoms with van der Waals surface area (Å²) >= 11 is 0. The number of carbonyl (C=O) groups is 1. The number of nitrogens with zero attached hydrogens (tertiary/aromatic N) is 2. The van der Waals surface area contributed by atoms with Gasteiger partial charge in [-0.15, -0.1) is 0 Å². The first-order valence-electron chi connectivity index (χ1n) is 13.1. The van der Waals surface area contributed by atoms with Crippen molar-refractivity contribution in [2.75, 3.05) is 13.6 Å². The van der Waals surface area contributed by atoms with E-state index >= 15 is 0 Å². The molecule has 3 atom stereocenters. The van der Waals surface area contributed by atoms with E-state index in [0.29, 0.717) is 0 Å². The molecule has 2 rings (SSSR count). The summed E-state index contributed by atoms with van der Waals surface area (Å²) < 4.78 is 93.7. The normalized spacial score (nSPS) is 25.4. The van der Waals surface area contributed by atoms with Crippen molar-refractivity contribution in [3.8, 4) is 0 Å². The van der Waals surface area contributed by atoms with Crippen LogP contribution >= 0.6 is 0 Å². The summed E-state index contributed by atoms with van der Waals surface area (Å²) in [6.45, 7) is 2.13. The summed E-state index contributed by atoms with van der Waals surface area (Å²) in [6, 6.07) is -1.14. The Morgan fingerprint density at radius 2 is 1.90 bits per heavy atom. The number of likely N-dealkylation sites (N-methyl/N-ethyl adjacent to an activating group) is 1. The van der Waals surface area contributed by atoms with E-state index < -0.39 is 74.3 Å². The molecule has 0 aromatic rings. The topological polar surface area (TPSA) is 105 Å². The zero-order chi connectivity index (χ0) is 30.1. The Balaban J connectivity index is 2.49. The van der Waals surface area contributed by atoms with Gasteiger partial charge in [0.05, 0.1) is 24.4 Å². The minimum Gasteiger partial charge on any atom is -0.378 e. The minimum absolute atomic E-state index is 0.0169. The van der Waals surface area contributed by atoms with Gasteiger partial charge in [0.25, 0.3) is 5.91 Å². The van der Waals surface area contributed by atoms with Gasteiger partial charge in [0, 0.05) is 56.9 Å². The van der Waals surface area contributed by atoms with Crippen LogP contribution in [0.3, 0.4) is 0 Å². The number of nitrogens with one attached hydrogen (secondary N) is 5. The predicted molar refractivity (Wildman–Crippen MR) is 138 cm³/mol. The summed E-state index contributed by atoms with van der Waals surface area (Å²) in [5.41, 5.74) is 2.91. The van der Waals surface area contributed by atoms with E-state index in [0.717, 1.165) is 6.21 Å². The summed E-state index contributed by atoms with van der Waals surface area (Å²) in [5.74, 6) is -4.93. The number of rotatable bonds is 12. The fourth-order valence-electron chi connectivity index (χ4n) is 4.87. The Kier molecular flexibility index (Phi) is 12.3. The van der Waals surface area contributed by atoms with Gasteiger partial charge < -0.3 is 20.9 Å². The van der Waals surface area contributed by atoms with Crippen molar-refractivity contribution in [1.82, 2.24) is 26.3 Å². The van der Waals surface area contributed by atoms with Gasteiger partial charge in [-0.05, 0) is 45.1 Å². The van der Waals surface area contributed by atoms with Gasteiger partial charge in [-0.3, -0.25) is 15.5 Å². The van der Waals surface area contributed by atoms with Gasteiger partial charge in [-0.25, -0.2) is 17.6 Å². The second-order valence-corrected chi connectivity index (χ2v) is 10.4. The number of alkyl halides is 7. The Morgan fingerprint density at radius 3 is 2.45 bits per heavy atom. The molecular weight excluding hydrogens is 547 g/mol. The van der Waals surface area contributed by atoms with Crippen molar-refractivity contribution in [3.05, 3.63) is 23.7 Å². The van der Waals surface area contributed by atoms with Crippen LogP contribution in [0.5, 0.6) is 0 Å². The molecule has 5 N–H and O–H groups in total. The van der Waals surface area contributed by atoms with Crippen LogP contribution in [0.4, 0.5) is 30.7 Å². The number of halogens is 7. The van der Waals surface area contributed by atoms with Gasteiger partial charge in [0.2, 0.25) is 12.3 Å². The number of hydrogen-bond acceptors (Lipinski definition) is 7. The van der Waals surface area contributed by atoms with Crippen LogP contribution in [0.25, 0.3) is 0 Å². The maximum absolute atomic E-state index is 14.0. The number of allylic oxidation sites excluding steroid dienone is 1. The molecule has 1 aliphatic heterocycles. The van der Waals surface area contributed by atoms with Crippen LogP contribution in [0.2, 0.25) is 0 Å². The number of amides is 1. The Hall–Kier alpha value is -2.84. The molecular formula is C25H38F7N7O. The fourth-order valence-corrected chi connectivity index (χ4v) is 4.87. The van der Waals surface area contributed by atoms with Crippen LogP contribution in [-0.2, 0) is 4.79 Å². The van der Waals surface area contributed by atoms with Crippen LogP contribution < -0.4 is 21.4 Å². The zero-order valence-electron chi connectivity index (χ0n) is 22.7. The van der Waals surface area contributed by atoms with Gasteiger partial charge in [0.15, 0.2) is 0 Å². The molecule has 0 bridgehead atoms. The van der Waals surface area contributed by atoms with E-state index in [4.69, 9.17) is 5.41 Å². The van der Waals surface area contributed by atoms with Crippen molar-refractivity contribution in [2.24, 2.45) is 16.9 Å². The van der Waals surface area contributed by atoms with Crippen molar-refractivity contribution in [3.63, 3.8) is 0 Å². The summed E-state index contributed by atoms with van der Waals surface area (Å²) in [7, 11) is 1.45. The third kappa shape index (κ3) is 10.6. The highest BCUT2D eigenvalue weighted by Crippen LogP contribution is 2.39. The number of hydrazone groups is 1. The predicted octanol–water partition coefficient (Wildman–Crippen LogP) is 4.33. The van der Waals surface area contributed by atoms with Gasteiger partial charge in [-0.1, -0.05) is 0 Å². The highest BCUT2D eigenvalue weighted by molar-refractivity contribution is 5.96. The van der Waals surface area contributed by atoms with E-state index in [1.54, 1.807) is 13.8 Å². The van der Waals surface area contributed by atoms with Crippen molar-refractivity contribution >= 4 is 18.3 Å². The van der Waals surface area contributed by atoms with Crippen LogP contribution in [0.1, 0.15) is 52.4 Å². The highest BCUT2D eigenvalue weighted by Gasteiger charge is 2.42. The van der Waals surface area contributed by atoms with Crippen molar-refractivity contribution in [2.45, 2.75) is 89.1 Å². The summed E-state index contributed by atoms with van der Waals surface area (Å²) in [5, 5.41) is 19.5. The zero-order valence-corrected chi connectivity index (χ0v) is 22.7. The molecule has 228 valence electrons. The first kappa shape index (κ1) is 33.4. The highest BCUT2D eigenvalue weighted by atomic mass is 19.4. The molecule has 0 saturated heterocycles. The average molecular weight is 586 g/mol. The van der Waals surface area contributed by atoms with E-state index in [1.807, 2.05) is 0 Å². The SMILES string of the molecule is CC(C)N/C(=C\C=N)C(=O)N[C@H](/C1=C/N/N=C\C(CCC(F)F)C(NCC(F)(F)F)N1C)C1CCC(F)(F)CC1. The van der Waals surface area contributed by atoms with Crippen molar-refractivity contribution < 1.29 is 35.5 Å². The maximum atomic E-state index is 14.0. The van der Waals surface area contributed by atoms with Crippen LogP contribution in [-0.4, -0.2) is 73.6 Å². The van der Waals surface area contributed by atoms with E-state index in [-0.39, 0.29) is 36.7 Å². The van der Waals surface area contributed by atoms with Crippen molar-refractivity contribution in [1.29, 1.82) is 5.41 Å². The lowest BCUT2D eigenvalue weighted by Gasteiger charge is -2.43. The molecule has 0 aromatic carbocycles. The quantitative estimate of drug-likeness (QED) is 0.133. The molecule has 2 aliphatic rings. The molecule has 40 heavy (non-hydrogen) atoms. The van der Waals surface area contributed by atoms with E-state index in [1.165, 1.54) is 30.4 Å². The molecule has 1 amide bonds. The van der Waals surface area contributed by atoms with Crippen LogP contribution in [0, 0.1) is 17.2 Å². The van der Waals surface area contributed by atoms with Gasteiger partial charge >= 0.3 is 6.18 Å². The molecule has 0 spiro atoms. The molecule has 8 nitrogen and oxygen atoms in total. The van der Waals surface area contributed by atoms with E-state index in [2.05, 4.69) is 26.5 Å². The third-order valence-electron chi connectivity index (χ3n) is 6.79. The second kappa shape index (κ2) is 14.7. The molecule has 1 aliphatic carbocycles. The number of carbonyl (C=O) groups excluding carboxylic acids is 1. The average Bonchev–Trinajstić information content (AvgIpc) is 2.83. The molecule has 0 radical (unpaired) electrons. The lowest BCUT2D eigenvalue weighted by atomic mass is 9.80. The molecule has 2 unspecified atom stereocenters. The molecule has 1 fully saturated rings. The Morgan fingerprint density at radius 1 is 1.25 bits per heavy atom. The first-order chi connectivity index (χ1) is 18.6. The van der Waals surface area contributed by atoms with E-state index in [9.17, 15) is 35.5 Å². The smallest absolute Gasteiger partial charge is 0.378 e. The first-order valence-corrected chi connectivity index (χ1v) is 13.1. The Labute approximate surface area is 229 Å². The molecule has 1 saturated carbocycles. The standard InChI is InChI=1S/C25H38F7N7O/c1-15(2)37-18(8-11-33)23(40)38-21(16-6-9-24(28,29)10-7-16)19-13-36-35-12-17(4-5-20(26)27)22(39(19)3)34-14-25(30,31)32/h8,11-13,15-17,20-22,33-34,36-37H,4-7,9-10,14H2,1-3H3,(H,38,40)/b18-8-,19-13-,33-11?,35-12-/t17?,21-,22?/m0/s1. The molecule has 0 aromatic heterocycles.